The number of ketones is 1. The maximum Gasteiger partial charge on any atom is 0.301 e. The van der Waals surface area contributed by atoms with E-state index in [0.29, 0.717) is 33.0 Å². The summed E-state index contributed by atoms with van der Waals surface area (Å²) in [7, 11) is 0. The minimum atomic E-state index is -1.14. The fraction of sp³-hybridized carbons (Fsp3) is 0.148. The molecule has 1 saturated heterocycles. The van der Waals surface area contributed by atoms with E-state index in [2.05, 4.69) is 4.98 Å². The van der Waals surface area contributed by atoms with Crippen molar-refractivity contribution in [3.63, 3.8) is 0 Å². The molecule has 38 heavy (non-hydrogen) atoms. The number of Topliss-reactive ketones (excluding diaryl/α,β-unsaturated/α-hetero) is 1. The fourth-order valence-corrected chi connectivity index (χ4v) is 6.14. The first kappa shape index (κ1) is 24.1. The molecule has 0 radical (unpaired) electrons. The average molecular weight is 548 g/mol. The Bertz CT molecular complexity index is 1710. The van der Waals surface area contributed by atoms with Crippen molar-refractivity contribution in [1.82, 2.24) is 4.98 Å². The van der Waals surface area contributed by atoms with Gasteiger partial charge in [0.15, 0.2) is 5.13 Å². The second kappa shape index (κ2) is 8.93. The van der Waals surface area contributed by atoms with E-state index < -0.39 is 22.7 Å². The maximum atomic E-state index is 13.4. The highest BCUT2D eigenvalue weighted by atomic mass is 35.5. The van der Waals surface area contributed by atoms with Crippen LogP contribution in [0.1, 0.15) is 29.7 Å². The molecule has 2 aliphatic heterocycles. The summed E-state index contributed by atoms with van der Waals surface area (Å²) in [6.45, 7) is 1.93. The number of amides is 1. The molecule has 0 unspecified atom stereocenters. The van der Waals surface area contributed by atoms with Gasteiger partial charge in [0.05, 0.1) is 26.8 Å². The summed E-state index contributed by atoms with van der Waals surface area (Å²) in [5, 5.41) is 23.6. The number of carbonyl (C=O) groups excluding carboxylic acids is 2. The van der Waals surface area contributed by atoms with Crippen LogP contribution in [0.3, 0.4) is 0 Å². The van der Waals surface area contributed by atoms with E-state index in [1.807, 2.05) is 6.92 Å². The molecule has 2 atom stereocenters. The van der Waals surface area contributed by atoms with Crippen LogP contribution in [0.2, 0.25) is 5.02 Å². The Morgan fingerprint density at radius 1 is 1.18 bits per heavy atom. The van der Waals surface area contributed by atoms with Crippen molar-refractivity contribution < 1.29 is 24.4 Å². The van der Waals surface area contributed by atoms with Gasteiger partial charge in [0, 0.05) is 29.1 Å². The number of nitro benzene ring substituents is 1. The van der Waals surface area contributed by atoms with Crippen LogP contribution in [-0.4, -0.2) is 32.8 Å². The normalized spacial score (nSPS) is 20.1. The lowest BCUT2D eigenvalue weighted by Crippen LogP contribution is -2.29. The van der Waals surface area contributed by atoms with Crippen LogP contribution in [0.15, 0.2) is 66.2 Å². The Morgan fingerprint density at radius 3 is 2.79 bits per heavy atom. The zero-order chi connectivity index (χ0) is 26.7. The molecule has 0 spiro atoms. The molecule has 2 aliphatic rings. The molecule has 11 heteroatoms. The number of hydrogen-bond acceptors (Lipinski definition) is 8. The molecule has 0 aliphatic carbocycles. The van der Waals surface area contributed by atoms with Crippen molar-refractivity contribution >= 4 is 61.4 Å². The third-order valence-electron chi connectivity index (χ3n) is 6.56. The van der Waals surface area contributed by atoms with Crippen molar-refractivity contribution in [3.05, 3.63) is 98.1 Å². The molecular weight excluding hydrogens is 530 g/mol. The molecule has 1 aromatic heterocycles. The van der Waals surface area contributed by atoms with Gasteiger partial charge >= 0.3 is 5.91 Å². The number of hydrogen-bond donors (Lipinski definition) is 1. The molecule has 6 rings (SSSR count). The number of fused-ring (bicyclic) bond motifs is 2. The molecule has 4 aromatic rings. The van der Waals surface area contributed by atoms with Gasteiger partial charge in [-0.15, -0.1) is 0 Å². The highest BCUT2D eigenvalue weighted by molar-refractivity contribution is 7.22. The van der Waals surface area contributed by atoms with Crippen molar-refractivity contribution in [3.8, 4) is 5.75 Å². The molecule has 3 heterocycles. The Morgan fingerprint density at radius 2 is 2.00 bits per heavy atom. The summed E-state index contributed by atoms with van der Waals surface area (Å²) >= 11 is 7.28. The lowest BCUT2D eigenvalue weighted by Gasteiger charge is -2.22. The van der Waals surface area contributed by atoms with E-state index in [0.717, 1.165) is 16.9 Å². The first-order valence-corrected chi connectivity index (χ1v) is 12.8. The molecule has 1 fully saturated rings. The second-order valence-electron chi connectivity index (χ2n) is 9.08. The number of aromatic nitrogens is 1. The lowest BCUT2D eigenvalue weighted by atomic mass is 9.94. The van der Waals surface area contributed by atoms with Gasteiger partial charge in [-0.3, -0.25) is 24.6 Å². The zero-order valence-corrected chi connectivity index (χ0v) is 21.3. The molecule has 3 aromatic carbocycles. The van der Waals surface area contributed by atoms with Crippen molar-refractivity contribution in [1.29, 1.82) is 0 Å². The minimum absolute atomic E-state index is 0.0228. The van der Waals surface area contributed by atoms with Gasteiger partial charge in [-0.2, -0.15) is 0 Å². The Hall–Kier alpha value is -4.28. The van der Waals surface area contributed by atoms with Crippen molar-refractivity contribution in [2.45, 2.75) is 25.5 Å². The van der Waals surface area contributed by atoms with E-state index in [-0.39, 0.29) is 33.8 Å². The van der Waals surface area contributed by atoms with E-state index in [1.165, 1.54) is 23.1 Å². The highest BCUT2D eigenvalue weighted by Gasteiger charge is 2.48. The van der Waals surface area contributed by atoms with E-state index in [4.69, 9.17) is 16.3 Å². The number of rotatable bonds is 4. The molecule has 190 valence electrons. The van der Waals surface area contributed by atoms with Gasteiger partial charge in [-0.25, -0.2) is 4.98 Å². The van der Waals surface area contributed by atoms with Gasteiger partial charge < -0.3 is 9.84 Å². The SMILES string of the molecule is C[C@H]1Cc2cc(C(O)=C3C(=O)C(=O)N(c4nc5ccc(Cl)cc5s4)[C@@H]3c3cccc([N+](=O)[O-])c3)ccc2O1. The topological polar surface area (TPSA) is 123 Å². The van der Waals surface area contributed by atoms with E-state index in [9.17, 15) is 24.8 Å². The smallest absolute Gasteiger partial charge is 0.301 e. The van der Waals surface area contributed by atoms with Crippen molar-refractivity contribution in [2.24, 2.45) is 0 Å². The Balaban J connectivity index is 1.56. The molecule has 1 amide bonds. The van der Waals surface area contributed by atoms with Gasteiger partial charge in [-0.1, -0.05) is 35.1 Å². The highest BCUT2D eigenvalue weighted by Crippen LogP contribution is 2.45. The number of carbonyl (C=O) groups is 2. The number of nitro groups is 1. The minimum Gasteiger partial charge on any atom is -0.507 e. The van der Waals surface area contributed by atoms with E-state index in [1.54, 1.807) is 42.5 Å². The summed E-state index contributed by atoms with van der Waals surface area (Å²) in [6, 6.07) is 14.6. The number of anilines is 1. The zero-order valence-electron chi connectivity index (χ0n) is 19.8. The maximum absolute atomic E-state index is 13.4. The number of nitrogens with zero attached hydrogens (tertiary/aromatic N) is 3. The summed E-state index contributed by atoms with van der Waals surface area (Å²) in [4.78, 5) is 43.6. The van der Waals surface area contributed by atoms with Crippen LogP contribution in [-0.2, 0) is 16.0 Å². The second-order valence-corrected chi connectivity index (χ2v) is 10.5. The van der Waals surface area contributed by atoms with Gasteiger partial charge in [0.25, 0.3) is 11.5 Å². The molecule has 0 saturated carbocycles. The molecule has 1 N–H and O–H groups in total. The fourth-order valence-electron chi connectivity index (χ4n) is 4.87. The number of ether oxygens (including phenoxy) is 1. The average Bonchev–Trinajstić information content (AvgIpc) is 3.55. The third kappa shape index (κ3) is 3.89. The molecule has 0 bridgehead atoms. The number of aliphatic hydroxyl groups excluding tert-OH is 1. The summed E-state index contributed by atoms with van der Waals surface area (Å²) < 4.78 is 6.43. The monoisotopic (exact) mass is 547 g/mol. The number of halogens is 1. The van der Waals surface area contributed by atoms with Crippen LogP contribution in [0.25, 0.3) is 16.0 Å². The van der Waals surface area contributed by atoms with Crippen LogP contribution in [0.4, 0.5) is 10.8 Å². The summed E-state index contributed by atoms with van der Waals surface area (Å²) in [5.41, 5.74) is 1.67. The largest absolute Gasteiger partial charge is 0.507 e. The number of benzene rings is 3. The molecule has 9 nitrogen and oxygen atoms in total. The van der Waals surface area contributed by atoms with E-state index >= 15 is 0 Å². The number of non-ortho nitro benzene ring substituents is 1. The predicted molar refractivity (Wildman–Crippen MR) is 143 cm³/mol. The van der Waals surface area contributed by atoms with Crippen LogP contribution < -0.4 is 9.64 Å². The third-order valence-corrected chi connectivity index (χ3v) is 7.81. The van der Waals surface area contributed by atoms with Gasteiger partial charge in [0.2, 0.25) is 0 Å². The van der Waals surface area contributed by atoms with Crippen LogP contribution >= 0.6 is 22.9 Å². The summed E-state index contributed by atoms with van der Waals surface area (Å²) in [5.74, 6) is -1.50. The lowest BCUT2D eigenvalue weighted by molar-refractivity contribution is -0.384. The first-order chi connectivity index (χ1) is 18.2. The van der Waals surface area contributed by atoms with Crippen molar-refractivity contribution in [2.75, 3.05) is 4.90 Å². The summed E-state index contributed by atoms with van der Waals surface area (Å²) in [6.07, 6.45) is 0.610. The van der Waals surface area contributed by atoms with Crippen LogP contribution in [0.5, 0.6) is 5.75 Å². The molecular formula is C27H18ClN3O6S. The standard InChI is InChI=1S/C27H18ClN3O6S/c1-13-9-16-10-15(5-8-20(16)37-13)24(32)22-23(14-3-2-4-18(11-14)31(35)36)30(26(34)25(22)33)27-29-19-7-6-17(28)12-21(19)38-27/h2-8,10-13,23,32H,9H2,1H3/t13-,23+/m0/s1. The first-order valence-electron chi connectivity index (χ1n) is 11.6. The number of thiazole rings is 1. The quantitative estimate of drug-likeness (QED) is 0.112. The number of aliphatic hydroxyl groups is 1. The Kier molecular flexibility index (Phi) is 5.66. The van der Waals surface area contributed by atoms with Crippen LogP contribution in [0, 0.1) is 10.1 Å². The Labute approximate surface area is 224 Å². The predicted octanol–water partition coefficient (Wildman–Crippen LogP) is 5.81. The van der Waals surface area contributed by atoms with Gasteiger partial charge in [0.1, 0.15) is 17.6 Å². The van der Waals surface area contributed by atoms with Gasteiger partial charge in [-0.05, 0) is 54.4 Å².